The van der Waals surface area contributed by atoms with Crippen LogP contribution in [0.1, 0.15) is 25.5 Å². The van der Waals surface area contributed by atoms with E-state index in [2.05, 4.69) is 29.1 Å². The van der Waals surface area contributed by atoms with Gasteiger partial charge in [-0.2, -0.15) is 11.3 Å². The molecular weight excluding hydrogens is 170 g/mol. The van der Waals surface area contributed by atoms with E-state index in [1.165, 1.54) is 5.56 Å². The van der Waals surface area contributed by atoms with Crippen LogP contribution in [0, 0.1) is 0 Å². The molecule has 0 aliphatic rings. The fraction of sp³-hybridized carbons (Fsp3) is 0.556. The minimum Gasteiger partial charge on any atom is -0.392 e. The van der Waals surface area contributed by atoms with Gasteiger partial charge in [-0.05, 0) is 36.2 Å². The van der Waals surface area contributed by atoms with E-state index in [1.54, 1.807) is 18.3 Å². The first-order chi connectivity index (χ1) is 5.70. The fourth-order valence-corrected chi connectivity index (χ4v) is 1.74. The van der Waals surface area contributed by atoms with E-state index in [0.29, 0.717) is 12.6 Å². The van der Waals surface area contributed by atoms with Crippen molar-refractivity contribution in [1.82, 2.24) is 5.32 Å². The van der Waals surface area contributed by atoms with Gasteiger partial charge in [0, 0.05) is 12.6 Å². The van der Waals surface area contributed by atoms with Gasteiger partial charge < -0.3 is 10.4 Å². The van der Waals surface area contributed by atoms with E-state index >= 15 is 0 Å². The average molecular weight is 185 g/mol. The first kappa shape index (κ1) is 9.71. The van der Waals surface area contributed by atoms with Gasteiger partial charge >= 0.3 is 0 Å². The molecule has 3 heteroatoms. The lowest BCUT2D eigenvalue weighted by molar-refractivity contribution is 0.187. The molecule has 0 aliphatic heterocycles. The zero-order valence-corrected chi connectivity index (χ0v) is 8.27. The molecule has 0 radical (unpaired) electrons. The van der Waals surface area contributed by atoms with Crippen molar-refractivity contribution >= 4 is 11.3 Å². The molecule has 1 aromatic heterocycles. The van der Waals surface area contributed by atoms with Crippen molar-refractivity contribution < 1.29 is 5.11 Å². The summed E-state index contributed by atoms with van der Waals surface area (Å²) in [5, 5.41) is 16.5. The third kappa shape index (κ3) is 2.93. The van der Waals surface area contributed by atoms with Crippen molar-refractivity contribution in [2.45, 2.75) is 26.0 Å². The maximum atomic E-state index is 9.04. The minimum atomic E-state index is -0.272. The zero-order valence-electron chi connectivity index (χ0n) is 7.45. The van der Waals surface area contributed by atoms with E-state index in [1.807, 2.05) is 0 Å². The summed E-state index contributed by atoms with van der Waals surface area (Å²) in [6, 6.07) is 2.44. The van der Waals surface area contributed by atoms with Crippen molar-refractivity contribution in [2.24, 2.45) is 0 Å². The maximum Gasteiger partial charge on any atom is 0.0636 e. The lowest BCUT2D eigenvalue weighted by atomic mass is 10.2. The molecule has 68 valence electrons. The van der Waals surface area contributed by atoms with Gasteiger partial charge in [0.15, 0.2) is 0 Å². The van der Waals surface area contributed by atoms with Crippen molar-refractivity contribution in [3.8, 4) is 0 Å². The molecular formula is C9H15NOS. The Hall–Kier alpha value is -0.380. The van der Waals surface area contributed by atoms with Gasteiger partial charge in [-0.3, -0.25) is 0 Å². The van der Waals surface area contributed by atoms with E-state index in [-0.39, 0.29) is 6.10 Å². The van der Waals surface area contributed by atoms with Gasteiger partial charge in [-0.15, -0.1) is 0 Å². The number of aliphatic hydroxyl groups is 1. The molecule has 1 rings (SSSR count). The van der Waals surface area contributed by atoms with E-state index < -0.39 is 0 Å². The Morgan fingerprint density at radius 3 is 2.83 bits per heavy atom. The number of rotatable bonds is 4. The van der Waals surface area contributed by atoms with Gasteiger partial charge in [0.1, 0.15) is 0 Å². The highest BCUT2D eigenvalue weighted by Crippen LogP contribution is 2.14. The molecule has 0 amide bonds. The van der Waals surface area contributed by atoms with Crippen LogP contribution in [0.25, 0.3) is 0 Å². The number of hydrogen-bond acceptors (Lipinski definition) is 3. The van der Waals surface area contributed by atoms with Crippen LogP contribution in [-0.4, -0.2) is 17.8 Å². The highest BCUT2D eigenvalue weighted by Gasteiger charge is 2.05. The van der Waals surface area contributed by atoms with Gasteiger partial charge in [-0.25, -0.2) is 0 Å². The summed E-state index contributed by atoms with van der Waals surface area (Å²) in [7, 11) is 0. The molecule has 0 aliphatic carbocycles. The Balaban J connectivity index is 2.34. The third-order valence-corrected chi connectivity index (χ3v) is 2.46. The highest BCUT2D eigenvalue weighted by atomic mass is 32.1. The van der Waals surface area contributed by atoms with Gasteiger partial charge in [0.2, 0.25) is 0 Å². The van der Waals surface area contributed by atoms with E-state index in [4.69, 9.17) is 5.11 Å². The second kappa shape index (κ2) is 4.60. The smallest absolute Gasteiger partial charge is 0.0636 e. The standard InChI is InChI=1S/C9H15NOS/c1-7(11)5-10-8(2)9-3-4-12-6-9/h3-4,6-8,10-11H,5H2,1-2H3. The molecule has 0 saturated heterocycles. The van der Waals surface area contributed by atoms with E-state index in [9.17, 15) is 0 Å². The second-order valence-corrected chi connectivity index (χ2v) is 3.82. The summed E-state index contributed by atoms with van der Waals surface area (Å²) in [6.07, 6.45) is -0.272. The second-order valence-electron chi connectivity index (χ2n) is 3.04. The molecule has 2 nitrogen and oxygen atoms in total. The van der Waals surface area contributed by atoms with Crippen molar-refractivity contribution in [1.29, 1.82) is 0 Å². The van der Waals surface area contributed by atoms with Crippen molar-refractivity contribution in [3.63, 3.8) is 0 Å². The van der Waals surface area contributed by atoms with Gasteiger partial charge in [0.25, 0.3) is 0 Å². The van der Waals surface area contributed by atoms with Crippen LogP contribution in [0.3, 0.4) is 0 Å². The summed E-state index contributed by atoms with van der Waals surface area (Å²) in [5.74, 6) is 0. The Kier molecular flexibility index (Phi) is 3.72. The van der Waals surface area contributed by atoms with Crippen LogP contribution in [-0.2, 0) is 0 Å². The summed E-state index contributed by atoms with van der Waals surface area (Å²) in [6.45, 7) is 4.54. The molecule has 2 atom stereocenters. The topological polar surface area (TPSA) is 32.3 Å². The van der Waals surface area contributed by atoms with Crippen molar-refractivity contribution in [3.05, 3.63) is 22.4 Å². The largest absolute Gasteiger partial charge is 0.392 e. The van der Waals surface area contributed by atoms with Gasteiger partial charge in [0.05, 0.1) is 6.10 Å². The summed E-state index contributed by atoms with van der Waals surface area (Å²) in [5.41, 5.74) is 1.29. The van der Waals surface area contributed by atoms with E-state index in [0.717, 1.165) is 0 Å². The molecule has 2 N–H and O–H groups in total. The Labute approximate surface area is 77.2 Å². The molecule has 0 saturated carbocycles. The Morgan fingerprint density at radius 2 is 2.33 bits per heavy atom. The summed E-state index contributed by atoms with van der Waals surface area (Å²) < 4.78 is 0. The molecule has 0 bridgehead atoms. The number of hydrogen-bond donors (Lipinski definition) is 2. The first-order valence-electron chi connectivity index (χ1n) is 4.13. The third-order valence-electron chi connectivity index (χ3n) is 1.76. The normalized spacial score (nSPS) is 15.9. The quantitative estimate of drug-likeness (QED) is 0.749. The fourth-order valence-electron chi connectivity index (χ4n) is 0.987. The van der Waals surface area contributed by atoms with Crippen LogP contribution in [0.4, 0.5) is 0 Å². The highest BCUT2D eigenvalue weighted by molar-refractivity contribution is 7.07. The maximum absolute atomic E-state index is 9.04. The number of thiophene rings is 1. The van der Waals surface area contributed by atoms with Crippen LogP contribution in [0.5, 0.6) is 0 Å². The predicted molar refractivity (Wildman–Crippen MR) is 52.4 cm³/mol. The first-order valence-corrected chi connectivity index (χ1v) is 5.08. The lowest BCUT2D eigenvalue weighted by Crippen LogP contribution is -2.26. The zero-order chi connectivity index (χ0) is 8.97. The van der Waals surface area contributed by atoms with Crippen molar-refractivity contribution in [2.75, 3.05) is 6.54 Å². The monoisotopic (exact) mass is 185 g/mol. The molecule has 0 aromatic carbocycles. The molecule has 0 fully saturated rings. The Bertz CT molecular complexity index is 208. The predicted octanol–water partition coefficient (Wildman–Crippen LogP) is 1.78. The molecule has 2 unspecified atom stereocenters. The molecule has 12 heavy (non-hydrogen) atoms. The lowest BCUT2D eigenvalue weighted by Gasteiger charge is -2.13. The summed E-state index contributed by atoms with van der Waals surface area (Å²) in [4.78, 5) is 0. The molecule has 0 spiro atoms. The van der Waals surface area contributed by atoms with Crippen LogP contribution < -0.4 is 5.32 Å². The number of aliphatic hydroxyl groups excluding tert-OH is 1. The minimum absolute atomic E-state index is 0.272. The van der Waals surface area contributed by atoms with Crippen LogP contribution in [0.2, 0.25) is 0 Å². The average Bonchev–Trinajstić information content (AvgIpc) is 2.51. The summed E-state index contributed by atoms with van der Waals surface area (Å²) >= 11 is 1.70. The van der Waals surface area contributed by atoms with Crippen LogP contribution >= 0.6 is 11.3 Å². The van der Waals surface area contributed by atoms with Crippen LogP contribution in [0.15, 0.2) is 16.8 Å². The molecule has 1 heterocycles. The van der Waals surface area contributed by atoms with Gasteiger partial charge in [-0.1, -0.05) is 0 Å². The molecule has 1 aromatic rings. The number of nitrogens with one attached hydrogen (secondary N) is 1. The SMILES string of the molecule is CC(O)CNC(C)c1ccsc1. The Morgan fingerprint density at radius 1 is 1.58 bits per heavy atom.